The molecule has 6 nitrogen and oxygen atoms in total. The molecule has 0 spiro atoms. The molecule has 0 radical (unpaired) electrons. The van der Waals surface area contributed by atoms with Crippen molar-refractivity contribution < 1.29 is 18.1 Å². The fraction of sp³-hybridized carbons (Fsp3) is 0.100. The summed E-state index contributed by atoms with van der Waals surface area (Å²) in [5.74, 6) is 0.610. The van der Waals surface area contributed by atoms with Gasteiger partial charge in [-0.1, -0.05) is 42.5 Å². The van der Waals surface area contributed by atoms with Gasteiger partial charge in [0, 0.05) is 12.1 Å². The van der Waals surface area contributed by atoms with Gasteiger partial charge in [0.2, 0.25) is 0 Å². The number of hydrogen-bond donors (Lipinski definition) is 0. The van der Waals surface area contributed by atoms with Crippen molar-refractivity contribution in [1.82, 2.24) is 0 Å². The van der Waals surface area contributed by atoms with E-state index in [0.717, 1.165) is 0 Å². The predicted octanol–water partition coefficient (Wildman–Crippen LogP) is 4.17. The van der Waals surface area contributed by atoms with Gasteiger partial charge in [0.05, 0.1) is 16.9 Å². The third kappa shape index (κ3) is 3.83. The van der Waals surface area contributed by atoms with Crippen molar-refractivity contribution >= 4 is 15.5 Å². The van der Waals surface area contributed by atoms with Crippen LogP contribution in [0.25, 0.3) is 0 Å². The van der Waals surface area contributed by atoms with Crippen LogP contribution in [0.4, 0.5) is 5.69 Å². The van der Waals surface area contributed by atoms with E-state index in [1.54, 1.807) is 42.5 Å². The number of sulfone groups is 1. The van der Waals surface area contributed by atoms with Crippen molar-refractivity contribution in [3.05, 3.63) is 100 Å². The second kappa shape index (κ2) is 7.59. The van der Waals surface area contributed by atoms with Gasteiger partial charge in [0.15, 0.2) is 9.84 Å². The molecule has 0 saturated carbocycles. The second-order valence-electron chi connectivity index (χ2n) is 5.86. The summed E-state index contributed by atoms with van der Waals surface area (Å²) in [5.41, 5.74) is 0.910. The molecular weight excluding hydrogens is 366 g/mol. The number of nitro benzene ring substituents is 1. The Hall–Kier alpha value is -3.19. The fourth-order valence-electron chi connectivity index (χ4n) is 2.85. The minimum absolute atomic E-state index is 0.0932. The molecule has 3 rings (SSSR count). The number of ether oxygens (including phenoxy) is 1. The van der Waals surface area contributed by atoms with E-state index in [-0.39, 0.29) is 10.6 Å². The molecule has 0 amide bonds. The molecule has 3 aromatic rings. The van der Waals surface area contributed by atoms with E-state index in [1.165, 1.54) is 43.5 Å². The van der Waals surface area contributed by atoms with Crippen LogP contribution in [0.3, 0.4) is 0 Å². The van der Waals surface area contributed by atoms with Crippen LogP contribution in [-0.4, -0.2) is 20.5 Å². The maximum atomic E-state index is 13.3. The largest absolute Gasteiger partial charge is 0.497 e. The van der Waals surface area contributed by atoms with Gasteiger partial charge in [-0.2, -0.15) is 0 Å². The van der Waals surface area contributed by atoms with E-state index < -0.39 is 20.0 Å². The van der Waals surface area contributed by atoms with Crippen LogP contribution in [0.5, 0.6) is 5.75 Å². The van der Waals surface area contributed by atoms with Gasteiger partial charge in [-0.05, 0) is 35.4 Å². The molecule has 3 aromatic carbocycles. The van der Waals surface area contributed by atoms with Gasteiger partial charge < -0.3 is 4.74 Å². The zero-order valence-electron chi connectivity index (χ0n) is 14.5. The molecule has 27 heavy (non-hydrogen) atoms. The van der Waals surface area contributed by atoms with E-state index in [2.05, 4.69) is 0 Å². The van der Waals surface area contributed by atoms with E-state index in [4.69, 9.17) is 4.74 Å². The van der Waals surface area contributed by atoms with Crippen LogP contribution in [0.15, 0.2) is 83.8 Å². The molecule has 0 aliphatic carbocycles. The molecule has 0 fully saturated rings. The normalized spacial score (nSPS) is 12.3. The van der Waals surface area contributed by atoms with E-state index in [9.17, 15) is 18.5 Å². The molecule has 0 aromatic heterocycles. The molecule has 0 bridgehead atoms. The first kappa shape index (κ1) is 18.6. The molecule has 0 N–H and O–H groups in total. The van der Waals surface area contributed by atoms with Crippen LogP contribution in [0, 0.1) is 10.1 Å². The van der Waals surface area contributed by atoms with Gasteiger partial charge in [-0.25, -0.2) is 8.42 Å². The highest BCUT2D eigenvalue weighted by atomic mass is 32.2. The third-order valence-corrected chi connectivity index (χ3v) is 6.30. The van der Waals surface area contributed by atoms with Crippen LogP contribution < -0.4 is 4.74 Å². The smallest absolute Gasteiger partial charge is 0.269 e. The lowest BCUT2D eigenvalue weighted by molar-refractivity contribution is -0.384. The summed E-state index contributed by atoms with van der Waals surface area (Å²) in [4.78, 5) is 10.6. The Morgan fingerprint density at radius 2 is 1.37 bits per heavy atom. The number of non-ortho nitro benzene ring substituents is 1. The van der Waals surface area contributed by atoms with E-state index in [0.29, 0.717) is 16.9 Å². The van der Waals surface area contributed by atoms with Crippen molar-refractivity contribution in [3.63, 3.8) is 0 Å². The van der Waals surface area contributed by atoms with Crippen LogP contribution in [0.1, 0.15) is 16.4 Å². The van der Waals surface area contributed by atoms with Gasteiger partial charge in [0.1, 0.15) is 11.0 Å². The van der Waals surface area contributed by atoms with Gasteiger partial charge >= 0.3 is 0 Å². The number of benzene rings is 3. The Morgan fingerprint density at radius 3 is 1.85 bits per heavy atom. The van der Waals surface area contributed by atoms with Gasteiger partial charge in [-0.3, -0.25) is 10.1 Å². The number of nitro groups is 1. The van der Waals surface area contributed by atoms with Gasteiger partial charge in [-0.15, -0.1) is 0 Å². The summed E-state index contributed by atoms with van der Waals surface area (Å²) in [6.07, 6.45) is 0. The molecule has 138 valence electrons. The fourth-order valence-corrected chi connectivity index (χ4v) is 4.69. The Labute approximate surface area is 157 Å². The summed E-state index contributed by atoms with van der Waals surface area (Å²) in [6, 6.07) is 20.5. The minimum atomic E-state index is -3.77. The Balaban J connectivity index is 2.15. The Kier molecular flexibility index (Phi) is 5.23. The van der Waals surface area contributed by atoms with Crippen molar-refractivity contribution in [3.8, 4) is 5.75 Å². The number of rotatable bonds is 6. The second-order valence-corrected chi connectivity index (χ2v) is 7.89. The molecule has 0 aliphatic rings. The van der Waals surface area contributed by atoms with Crippen LogP contribution in [0.2, 0.25) is 0 Å². The molecule has 0 aliphatic heterocycles. The SMILES string of the molecule is COc1ccc(C(c2ccc([N+](=O)[O-])cc2)S(=O)(=O)c2ccccc2)cc1. The van der Waals surface area contributed by atoms with E-state index >= 15 is 0 Å². The molecule has 1 unspecified atom stereocenters. The lowest BCUT2D eigenvalue weighted by atomic mass is 10.0. The van der Waals surface area contributed by atoms with Crippen LogP contribution >= 0.6 is 0 Å². The minimum Gasteiger partial charge on any atom is -0.497 e. The van der Waals surface area contributed by atoms with Crippen molar-refractivity contribution in [1.29, 1.82) is 0 Å². The Bertz CT molecular complexity index is 1030. The molecule has 1 atom stereocenters. The molecule has 7 heteroatoms. The average Bonchev–Trinajstić information content (AvgIpc) is 2.69. The maximum absolute atomic E-state index is 13.3. The molecule has 0 heterocycles. The lowest BCUT2D eigenvalue weighted by Crippen LogP contribution is -2.15. The Morgan fingerprint density at radius 1 is 0.852 bits per heavy atom. The van der Waals surface area contributed by atoms with E-state index in [1.807, 2.05) is 0 Å². The zero-order chi connectivity index (χ0) is 19.4. The number of nitrogens with zero attached hydrogens (tertiary/aromatic N) is 1. The summed E-state index contributed by atoms with van der Waals surface area (Å²) in [5, 5.41) is 9.92. The van der Waals surface area contributed by atoms with Crippen molar-refractivity contribution in [2.45, 2.75) is 10.1 Å². The zero-order valence-corrected chi connectivity index (χ0v) is 15.3. The lowest BCUT2D eigenvalue weighted by Gasteiger charge is -2.19. The topological polar surface area (TPSA) is 86.5 Å². The highest BCUT2D eigenvalue weighted by molar-refractivity contribution is 7.91. The van der Waals surface area contributed by atoms with Crippen LogP contribution in [-0.2, 0) is 9.84 Å². The first-order valence-electron chi connectivity index (χ1n) is 8.11. The highest BCUT2D eigenvalue weighted by Gasteiger charge is 2.31. The molecule has 0 saturated heterocycles. The maximum Gasteiger partial charge on any atom is 0.269 e. The van der Waals surface area contributed by atoms with Crippen molar-refractivity contribution in [2.24, 2.45) is 0 Å². The quantitative estimate of drug-likeness (QED) is 0.471. The number of hydrogen-bond acceptors (Lipinski definition) is 5. The summed E-state index contributed by atoms with van der Waals surface area (Å²) < 4.78 is 31.8. The third-order valence-electron chi connectivity index (χ3n) is 4.21. The first-order chi connectivity index (χ1) is 12.9. The first-order valence-corrected chi connectivity index (χ1v) is 9.65. The summed E-state index contributed by atoms with van der Waals surface area (Å²) >= 11 is 0. The predicted molar refractivity (Wildman–Crippen MR) is 102 cm³/mol. The standard InChI is InChI=1S/C20H17NO5S/c1-26-18-13-9-16(10-14-18)20(15-7-11-17(12-8-15)21(22)23)27(24,25)19-5-3-2-4-6-19/h2-14,20H,1H3. The number of methoxy groups -OCH3 is 1. The van der Waals surface area contributed by atoms with Gasteiger partial charge in [0.25, 0.3) is 5.69 Å². The summed E-state index contributed by atoms with van der Waals surface area (Å²) in [6.45, 7) is 0. The monoisotopic (exact) mass is 383 g/mol. The van der Waals surface area contributed by atoms with Crippen molar-refractivity contribution in [2.75, 3.05) is 7.11 Å². The molecular formula is C20H17NO5S. The summed E-state index contributed by atoms with van der Waals surface area (Å²) in [7, 11) is -2.24. The average molecular weight is 383 g/mol. The highest BCUT2D eigenvalue weighted by Crippen LogP contribution is 2.36.